The van der Waals surface area contributed by atoms with Crippen molar-refractivity contribution in [1.82, 2.24) is 25.5 Å². The van der Waals surface area contributed by atoms with Gasteiger partial charge in [0.05, 0.1) is 17.7 Å². The summed E-state index contributed by atoms with van der Waals surface area (Å²) in [6.45, 7) is 4.46. The SMILES string of the molecule is CCCCOc1ccc(C2(C)CC(c3ncc(C4CC4)s3)=C(c3ncn[nH]3)C(=O)N2)c(F)c1. The molecule has 5 rings (SSSR count). The first kappa shape index (κ1) is 21.8. The van der Waals surface area contributed by atoms with E-state index in [2.05, 4.69) is 32.4 Å². The lowest BCUT2D eigenvalue weighted by Crippen LogP contribution is -2.48. The summed E-state index contributed by atoms with van der Waals surface area (Å²) in [6, 6.07) is 4.85. The first-order valence-corrected chi connectivity index (χ1v) is 12.1. The largest absolute Gasteiger partial charge is 0.493 e. The van der Waals surface area contributed by atoms with E-state index in [9.17, 15) is 4.79 Å². The number of unbranched alkanes of at least 4 members (excludes halogenated alkanes) is 1. The summed E-state index contributed by atoms with van der Waals surface area (Å²) in [6.07, 6.45) is 7.90. The predicted molar refractivity (Wildman–Crippen MR) is 124 cm³/mol. The number of thiazole rings is 1. The first-order chi connectivity index (χ1) is 16.0. The lowest BCUT2D eigenvalue weighted by molar-refractivity contribution is -0.117. The summed E-state index contributed by atoms with van der Waals surface area (Å²) in [5.74, 6) is 0.691. The van der Waals surface area contributed by atoms with Crippen LogP contribution < -0.4 is 10.1 Å². The molecule has 1 fully saturated rings. The Morgan fingerprint density at radius 2 is 2.15 bits per heavy atom. The summed E-state index contributed by atoms with van der Waals surface area (Å²) in [4.78, 5) is 23.4. The van der Waals surface area contributed by atoms with Gasteiger partial charge in [-0.2, -0.15) is 5.10 Å². The number of nitrogens with zero attached hydrogens (tertiary/aromatic N) is 3. The number of rotatable bonds is 8. The molecule has 1 aliphatic carbocycles. The summed E-state index contributed by atoms with van der Waals surface area (Å²) >= 11 is 1.60. The Hall–Kier alpha value is -3.07. The number of nitrogens with one attached hydrogen (secondary N) is 2. The summed E-state index contributed by atoms with van der Waals surface area (Å²) < 4.78 is 20.9. The van der Waals surface area contributed by atoms with Crippen LogP contribution in [0.15, 0.2) is 30.7 Å². The van der Waals surface area contributed by atoms with Gasteiger partial charge in [-0.3, -0.25) is 9.89 Å². The fourth-order valence-electron chi connectivity index (χ4n) is 4.21. The van der Waals surface area contributed by atoms with E-state index in [4.69, 9.17) is 4.74 Å². The van der Waals surface area contributed by atoms with Crippen LogP contribution in [0.1, 0.15) is 73.1 Å². The van der Waals surface area contributed by atoms with Gasteiger partial charge in [0.1, 0.15) is 22.9 Å². The molecule has 9 heteroatoms. The van der Waals surface area contributed by atoms with E-state index < -0.39 is 11.4 Å². The second-order valence-electron chi connectivity index (χ2n) is 8.84. The molecule has 1 amide bonds. The van der Waals surface area contributed by atoms with Crippen LogP contribution in [0.2, 0.25) is 0 Å². The maximum Gasteiger partial charge on any atom is 0.256 e. The van der Waals surface area contributed by atoms with Crippen molar-refractivity contribution < 1.29 is 13.9 Å². The highest BCUT2D eigenvalue weighted by atomic mass is 32.1. The van der Waals surface area contributed by atoms with Crippen LogP contribution >= 0.6 is 11.3 Å². The third-order valence-corrected chi connectivity index (χ3v) is 7.38. The molecule has 1 aliphatic heterocycles. The van der Waals surface area contributed by atoms with Crippen molar-refractivity contribution >= 4 is 28.4 Å². The molecule has 0 radical (unpaired) electrons. The summed E-state index contributed by atoms with van der Waals surface area (Å²) in [5.41, 5.74) is 0.610. The van der Waals surface area contributed by atoms with Gasteiger partial charge in [0.25, 0.3) is 5.91 Å². The van der Waals surface area contributed by atoms with Gasteiger partial charge >= 0.3 is 0 Å². The third-order valence-electron chi connectivity index (χ3n) is 6.16. The normalized spacial score (nSPS) is 20.8. The molecule has 1 saturated carbocycles. The van der Waals surface area contributed by atoms with Gasteiger partial charge in [-0.05, 0) is 38.2 Å². The molecule has 2 N–H and O–H groups in total. The van der Waals surface area contributed by atoms with E-state index in [0.29, 0.717) is 41.7 Å². The van der Waals surface area contributed by atoms with Crippen LogP contribution in [0.4, 0.5) is 4.39 Å². The Balaban J connectivity index is 1.52. The van der Waals surface area contributed by atoms with Crippen molar-refractivity contribution in [3.8, 4) is 5.75 Å². The van der Waals surface area contributed by atoms with Crippen LogP contribution in [0, 0.1) is 5.82 Å². The highest BCUT2D eigenvalue weighted by Crippen LogP contribution is 2.47. The van der Waals surface area contributed by atoms with Gasteiger partial charge in [0.2, 0.25) is 0 Å². The van der Waals surface area contributed by atoms with Crippen LogP contribution in [-0.4, -0.2) is 32.7 Å². The molecule has 0 bridgehead atoms. The highest BCUT2D eigenvalue weighted by Gasteiger charge is 2.41. The maximum absolute atomic E-state index is 15.2. The Morgan fingerprint density at radius 1 is 1.30 bits per heavy atom. The smallest absolute Gasteiger partial charge is 0.256 e. The second kappa shape index (κ2) is 8.70. The zero-order valence-corrected chi connectivity index (χ0v) is 19.5. The van der Waals surface area contributed by atoms with Crippen LogP contribution in [0.3, 0.4) is 0 Å². The van der Waals surface area contributed by atoms with Gasteiger partial charge < -0.3 is 10.1 Å². The molecule has 1 aromatic carbocycles. The molecule has 0 saturated heterocycles. The number of halogens is 1. The number of benzene rings is 1. The van der Waals surface area contributed by atoms with E-state index in [0.717, 1.165) is 23.4 Å². The number of hydrogen-bond donors (Lipinski definition) is 2. The van der Waals surface area contributed by atoms with E-state index in [-0.39, 0.29) is 5.91 Å². The molecule has 1 atom stereocenters. The molecule has 0 spiro atoms. The van der Waals surface area contributed by atoms with Gasteiger partial charge in [-0.1, -0.05) is 19.4 Å². The molecule has 2 aliphatic rings. The average molecular weight is 468 g/mol. The van der Waals surface area contributed by atoms with Crippen LogP contribution in [0.25, 0.3) is 11.1 Å². The standard InChI is InChI=1S/C24H26FN5O2S/c1-3-4-9-32-15-7-8-17(18(25)10-15)24(2)11-16(23-26-12-19(33-23)14-5-6-14)20(22(31)29-24)21-27-13-28-30-21/h7-8,10,12-14H,3-6,9,11H2,1-2H3,(H,29,31)(H,27,28,30). The topological polar surface area (TPSA) is 92.8 Å². The quantitative estimate of drug-likeness (QED) is 0.464. The van der Waals surface area contributed by atoms with Gasteiger partial charge in [0.15, 0.2) is 5.82 Å². The average Bonchev–Trinajstić information content (AvgIpc) is 3.28. The molecular weight excluding hydrogens is 441 g/mol. The third kappa shape index (κ3) is 4.29. The van der Waals surface area contributed by atoms with E-state index in [1.165, 1.54) is 30.1 Å². The molecule has 33 heavy (non-hydrogen) atoms. The number of aromatic nitrogens is 4. The van der Waals surface area contributed by atoms with E-state index >= 15 is 4.39 Å². The summed E-state index contributed by atoms with van der Waals surface area (Å²) in [5, 5.41) is 10.5. The first-order valence-electron chi connectivity index (χ1n) is 11.3. The Kier molecular flexibility index (Phi) is 5.74. The fourth-order valence-corrected chi connectivity index (χ4v) is 5.34. The zero-order chi connectivity index (χ0) is 23.0. The van der Waals surface area contributed by atoms with Crippen LogP contribution in [0.5, 0.6) is 5.75 Å². The number of ether oxygens (including phenoxy) is 1. The van der Waals surface area contributed by atoms with Crippen molar-refractivity contribution in [2.24, 2.45) is 0 Å². The Bertz CT molecular complexity index is 1200. The van der Waals surface area contributed by atoms with E-state index in [1.807, 2.05) is 13.1 Å². The minimum Gasteiger partial charge on any atom is -0.493 e. The lowest BCUT2D eigenvalue weighted by Gasteiger charge is -2.37. The fraction of sp³-hybridized carbons (Fsp3) is 0.417. The monoisotopic (exact) mass is 467 g/mol. The number of aromatic amines is 1. The molecule has 2 aromatic heterocycles. The lowest BCUT2D eigenvalue weighted by atomic mass is 9.80. The molecule has 172 valence electrons. The maximum atomic E-state index is 15.2. The molecule has 3 heterocycles. The Morgan fingerprint density at radius 3 is 2.85 bits per heavy atom. The van der Waals surface area contributed by atoms with Crippen molar-refractivity contribution in [3.05, 3.63) is 57.8 Å². The number of carbonyl (C=O) groups excluding carboxylic acids is 1. The second-order valence-corrected chi connectivity index (χ2v) is 9.90. The van der Waals surface area contributed by atoms with Crippen molar-refractivity contribution in [1.29, 1.82) is 0 Å². The van der Waals surface area contributed by atoms with E-state index in [1.54, 1.807) is 23.5 Å². The number of carbonyl (C=O) groups is 1. The number of amides is 1. The zero-order valence-electron chi connectivity index (χ0n) is 18.7. The number of hydrogen-bond acceptors (Lipinski definition) is 6. The van der Waals surface area contributed by atoms with Gasteiger partial charge in [-0.15, -0.1) is 11.3 Å². The molecule has 1 unspecified atom stereocenters. The molecule has 7 nitrogen and oxygen atoms in total. The van der Waals surface area contributed by atoms with Crippen molar-refractivity contribution in [2.75, 3.05) is 6.61 Å². The van der Waals surface area contributed by atoms with Crippen molar-refractivity contribution in [2.45, 2.75) is 57.4 Å². The highest BCUT2D eigenvalue weighted by molar-refractivity contribution is 7.13. The Labute approximate surface area is 195 Å². The minimum atomic E-state index is -0.951. The van der Waals surface area contributed by atoms with Crippen molar-refractivity contribution in [3.63, 3.8) is 0 Å². The van der Waals surface area contributed by atoms with Crippen LogP contribution in [-0.2, 0) is 10.3 Å². The molecule has 3 aromatic rings. The summed E-state index contributed by atoms with van der Waals surface area (Å²) in [7, 11) is 0. The minimum absolute atomic E-state index is 0.332. The van der Waals surface area contributed by atoms with Gasteiger partial charge in [0, 0.05) is 34.7 Å². The molecular formula is C24H26FN5O2S. The predicted octanol–water partition coefficient (Wildman–Crippen LogP) is 4.80. The van der Waals surface area contributed by atoms with Gasteiger partial charge in [-0.25, -0.2) is 14.4 Å². The number of H-pyrrole nitrogens is 1.